The van der Waals surface area contributed by atoms with Crippen LogP contribution in [0.2, 0.25) is 0 Å². The number of likely N-dealkylation sites (tertiary alicyclic amines) is 1. The van der Waals surface area contributed by atoms with E-state index in [1.807, 2.05) is 0 Å². The van der Waals surface area contributed by atoms with Crippen LogP contribution in [0.1, 0.15) is 29.6 Å². The van der Waals surface area contributed by atoms with Gasteiger partial charge in [0.05, 0.1) is 12.8 Å². The van der Waals surface area contributed by atoms with Gasteiger partial charge < -0.3 is 19.1 Å². The van der Waals surface area contributed by atoms with Gasteiger partial charge in [-0.2, -0.15) is 0 Å². The maximum atomic E-state index is 13.1. The van der Waals surface area contributed by atoms with Crippen molar-refractivity contribution in [3.05, 3.63) is 42.0 Å². The molecule has 0 atom stereocenters. The molecule has 1 saturated heterocycles. The van der Waals surface area contributed by atoms with Crippen molar-refractivity contribution in [1.82, 2.24) is 4.90 Å². The normalized spacial score (nSPS) is 16.1. The summed E-state index contributed by atoms with van der Waals surface area (Å²) in [6.45, 7) is 2.22. The number of piperidine rings is 1. The molecule has 4 rings (SSSR count). The molecule has 0 bridgehead atoms. The second kappa shape index (κ2) is 8.43. The number of hydrogen-bond acceptors (Lipinski definition) is 6. The number of carbonyl (C=O) groups is 1. The lowest BCUT2D eigenvalue weighted by Crippen LogP contribution is -2.35. The molecule has 2 aromatic carbocycles. The number of ether oxygens (including phenoxy) is 3. The molecule has 0 aliphatic carbocycles. The maximum absolute atomic E-state index is 13.1. The minimum Gasteiger partial charge on any atom is -0.495 e. The molecule has 8 nitrogen and oxygen atoms in total. The van der Waals surface area contributed by atoms with Crippen LogP contribution in [0.3, 0.4) is 0 Å². The molecular weight excluding hydrogens is 408 g/mol. The van der Waals surface area contributed by atoms with Gasteiger partial charge >= 0.3 is 0 Å². The number of nitrogens with zero attached hydrogens (tertiary/aromatic N) is 1. The Morgan fingerprint density at radius 2 is 1.73 bits per heavy atom. The molecule has 2 aliphatic rings. The lowest BCUT2D eigenvalue weighted by Gasteiger charge is -2.27. The molecule has 9 heteroatoms. The van der Waals surface area contributed by atoms with Crippen molar-refractivity contribution in [1.29, 1.82) is 0 Å². The van der Waals surface area contributed by atoms with E-state index in [9.17, 15) is 13.2 Å². The Morgan fingerprint density at radius 1 is 1.00 bits per heavy atom. The largest absolute Gasteiger partial charge is 0.495 e. The Balaban J connectivity index is 1.63. The first-order valence-electron chi connectivity index (χ1n) is 9.88. The predicted octanol–water partition coefficient (Wildman–Crippen LogP) is 2.89. The average molecular weight is 432 g/mol. The number of rotatable bonds is 5. The molecule has 2 aliphatic heterocycles. The third-order valence-electron chi connectivity index (χ3n) is 5.14. The topological polar surface area (TPSA) is 94.2 Å². The molecule has 160 valence electrons. The van der Waals surface area contributed by atoms with Crippen molar-refractivity contribution >= 4 is 21.6 Å². The molecule has 1 N–H and O–H groups in total. The van der Waals surface area contributed by atoms with Gasteiger partial charge in [-0.05, 0) is 49.6 Å². The predicted molar refractivity (Wildman–Crippen MR) is 111 cm³/mol. The van der Waals surface area contributed by atoms with E-state index in [1.54, 1.807) is 29.2 Å². The summed E-state index contributed by atoms with van der Waals surface area (Å²) in [5, 5.41) is 0. The second-order valence-electron chi connectivity index (χ2n) is 7.18. The lowest BCUT2D eigenvalue weighted by molar-refractivity contribution is 0.0724. The van der Waals surface area contributed by atoms with Crippen LogP contribution in [0, 0.1) is 0 Å². The molecule has 2 aromatic rings. The number of sulfonamides is 1. The molecule has 0 radical (unpaired) electrons. The Labute approximate surface area is 175 Å². The van der Waals surface area contributed by atoms with Crippen LogP contribution in [0.25, 0.3) is 0 Å². The van der Waals surface area contributed by atoms with Gasteiger partial charge in [-0.15, -0.1) is 0 Å². The molecule has 1 amide bonds. The fourth-order valence-corrected chi connectivity index (χ4v) is 4.86. The Kier molecular flexibility index (Phi) is 5.72. The molecule has 0 spiro atoms. The van der Waals surface area contributed by atoms with Gasteiger partial charge in [0.1, 0.15) is 23.9 Å². The number of methoxy groups -OCH3 is 1. The fourth-order valence-electron chi connectivity index (χ4n) is 3.62. The van der Waals surface area contributed by atoms with Gasteiger partial charge in [0.2, 0.25) is 0 Å². The summed E-state index contributed by atoms with van der Waals surface area (Å²) in [4.78, 5) is 14.5. The van der Waals surface area contributed by atoms with E-state index in [4.69, 9.17) is 14.2 Å². The van der Waals surface area contributed by atoms with Gasteiger partial charge in [-0.3, -0.25) is 9.52 Å². The SMILES string of the molecule is COc1ccc(C(=O)N2CCCCC2)cc1S(=O)(=O)Nc1ccc2c(c1)OCCO2. The van der Waals surface area contributed by atoms with Crippen LogP contribution in [-0.2, 0) is 10.0 Å². The summed E-state index contributed by atoms with van der Waals surface area (Å²) in [5.74, 6) is 1.03. The standard InChI is InChI=1S/C21H24N2O6S/c1-27-18-7-5-15(21(24)23-9-3-2-4-10-23)13-20(18)30(25,26)22-16-6-8-17-19(14-16)29-12-11-28-17/h5-8,13-14,22H,2-4,9-12H2,1H3. The summed E-state index contributed by atoms with van der Waals surface area (Å²) >= 11 is 0. The number of anilines is 1. The molecule has 0 aromatic heterocycles. The highest BCUT2D eigenvalue weighted by Crippen LogP contribution is 2.34. The number of fused-ring (bicyclic) bond motifs is 1. The molecule has 30 heavy (non-hydrogen) atoms. The Bertz CT molecular complexity index is 1050. The van der Waals surface area contributed by atoms with E-state index < -0.39 is 10.0 Å². The third kappa shape index (κ3) is 4.16. The van der Waals surface area contributed by atoms with Crippen molar-refractivity contribution in [3.8, 4) is 17.2 Å². The van der Waals surface area contributed by atoms with Crippen LogP contribution in [0.5, 0.6) is 17.2 Å². The van der Waals surface area contributed by atoms with E-state index in [0.29, 0.717) is 49.1 Å². The zero-order chi connectivity index (χ0) is 21.1. The average Bonchev–Trinajstić information content (AvgIpc) is 2.78. The highest BCUT2D eigenvalue weighted by Gasteiger charge is 2.25. The molecule has 0 unspecified atom stereocenters. The number of nitrogens with one attached hydrogen (secondary N) is 1. The third-order valence-corrected chi connectivity index (χ3v) is 6.54. The molecule has 2 heterocycles. The summed E-state index contributed by atoms with van der Waals surface area (Å²) in [6.07, 6.45) is 3.02. The number of hydrogen-bond donors (Lipinski definition) is 1. The van der Waals surface area contributed by atoms with Gasteiger partial charge in [-0.1, -0.05) is 0 Å². The molecular formula is C21H24N2O6S. The highest BCUT2D eigenvalue weighted by molar-refractivity contribution is 7.92. The number of carbonyl (C=O) groups excluding carboxylic acids is 1. The first-order chi connectivity index (χ1) is 14.5. The highest BCUT2D eigenvalue weighted by atomic mass is 32.2. The monoisotopic (exact) mass is 432 g/mol. The first kappa shape index (κ1) is 20.3. The summed E-state index contributed by atoms with van der Waals surface area (Å²) < 4.78 is 45.0. The zero-order valence-electron chi connectivity index (χ0n) is 16.7. The summed E-state index contributed by atoms with van der Waals surface area (Å²) in [6, 6.07) is 9.30. The fraction of sp³-hybridized carbons (Fsp3) is 0.381. The van der Waals surface area contributed by atoms with Crippen molar-refractivity contribution < 1.29 is 27.4 Å². The van der Waals surface area contributed by atoms with Crippen LogP contribution in [0.4, 0.5) is 5.69 Å². The van der Waals surface area contributed by atoms with Gasteiger partial charge in [0, 0.05) is 24.7 Å². The minimum atomic E-state index is -4.01. The number of benzene rings is 2. The van der Waals surface area contributed by atoms with Crippen LogP contribution in [0.15, 0.2) is 41.3 Å². The minimum absolute atomic E-state index is 0.0947. The first-order valence-corrected chi connectivity index (χ1v) is 11.4. The zero-order valence-corrected chi connectivity index (χ0v) is 17.5. The quantitative estimate of drug-likeness (QED) is 0.781. The van der Waals surface area contributed by atoms with Crippen molar-refractivity contribution in [3.63, 3.8) is 0 Å². The molecule has 1 fully saturated rings. The Hall–Kier alpha value is -2.94. The van der Waals surface area contributed by atoms with Crippen LogP contribution in [-0.4, -0.2) is 52.6 Å². The van der Waals surface area contributed by atoms with Gasteiger partial charge in [0.15, 0.2) is 11.5 Å². The maximum Gasteiger partial charge on any atom is 0.265 e. The van der Waals surface area contributed by atoms with Crippen LogP contribution >= 0.6 is 0 Å². The summed E-state index contributed by atoms with van der Waals surface area (Å²) in [5.41, 5.74) is 0.648. The van der Waals surface area contributed by atoms with Crippen molar-refractivity contribution in [2.75, 3.05) is 38.1 Å². The molecule has 0 saturated carbocycles. The van der Waals surface area contributed by atoms with E-state index in [1.165, 1.54) is 19.2 Å². The smallest absolute Gasteiger partial charge is 0.265 e. The van der Waals surface area contributed by atoms with Crippen molar-refractivity contribution in [2.24, 2.45) is 0 Å². The second-order valence-corrected chi connectivity index (χ2v) is 8.83. The van der Waals surface area contributed by atoms with Gasteiger partial charge in [0.25, 0.3) is 15.9 Å². The van der Waals surface area contributed by atoms with Gasteiger partial charge in [-0.25, -0.2) is 8.42 Å². The van der Waals surface area contributed by atoms with Crippen molar-refractivity contribution in [2.45, 2.75) is 24.2 Å². The van der Waals surface area contributed by atoms with E-state index >= 15 is 0 Å². The number of amides is 1. The lowest BCUT2D eigenvalue weighted by atomic mass is 10.1. The van der Waals surface area contributed by atoms with E-state index in [-0.39, 0.29) is 16.6 Å². The summed E-state index contributed by atoms with van der Waals surface area (Å²) in [7, 11) is -2.62. The van der Waals surface area contributed by atoms with Crippen LogP contribution < -0.4 is 18.9 Å². The van der Waals surface area contributed by atoms with E-state index in [2.05, 4.69) is 4.72 Å². The Morgan fingerprint density at radius 3 is 2.47 bits per heavy atom. The van der Waals surface area contributed by atoms with E-state index in [0.717, 1.165) is 19.3 Å².